The largest absolute Gasteiger partial charge is 0.466 e. The van der Waals surface area contributed by atoms with Crippen LogP contribution in [-0.4, -0.2) is 27.1 Å². The summed E-state index contributed by atoms with van der Waals surface area (Å²) in [6.45, 7) is 4.07. The van der Waals surface area contributed by atoms with Gasteiger partial charge in [-0.2, -0.15) is 4.98 Å². The zero-order valence-corrected chi connectivity index (χ0v) is 15.6. The summed E-state index contributed by atoms with van der Waals surface area (Å²) in [5.74, 6) is 1.31. The summed E-state index contributed by atoms with van der Waals surface area (Å²) in [4.78, 5) is 21.3. The van der Waals surface area contributed by atoms with Crippen LogP contribution < -0.4 is 0 Å². The maximum atomic E-state index is 11.5. The van der Waals surface area contributed by atoms with E-state index in [4.69, 9.17) is 20.8 Å². The Morgan fingerprint density at radius 1 is 1.44 bits per heavy atom. The van der Waals surface area contributed by atoms with Crippen molar-refractivity contribution in [3.05, 3.63) is 40.4 Å². The van der Waals surface area contributed by atoms with Gasteiger partial charge in [-0.3, -0.25) is 9.36 Å². The van der Waals surface area contributed by atoms with Crippen LogP contribution in [0.3, 0.4) is 0 Å². The van der Waals surface area contributed by atoms with E-state index in [9.17, 15) is 4.79 Å². The molecule has 0 fully saturated rings. The maximum Gasteiger partial charge on any atom is 0.307 e. The molecule has 3 rings (SSSR count). The minimum atomic E-state index is -0.201. The first-order chi connectivity index (χ1) is 12.1. The summed E-state index contributed by atoms with van der Waals surface area (Å²) in [5.41, 5.74) is 0.754. The molecule has 0 aliphatic carbocycles. The van der Waals surface area contributed by atoms with Crippen LogP contribution in [0.2, 0.25) is 4.34 Å². The Morgan fingerprint density at radius 3 is 2.92 bits per heavy atom. The second kappa shape index (κ2) is 7.84. The molecule has 0 aliphatic heterocycles. The van der Waals surface area contributed by atoms with Crippen molar-refractivity contribution in [2.24, 2.45) is 0 Å². The Balaban J connectivity index is 1.85. The molecule has 3 aromatic rings. The van der Waals surface area contributed by atoms with Crippen molar-refractivity contribution < 1.29 is 13.9 Å². The zero-order chi connectivity index (χ0) is 17.8. The van der Waals surface area contributed by atoms with E-state index in [0.717, 1.165) is 22.2 Å². The van der Waals surface area contributed by atoms with Crippen molar-refractivity contribution in [2.75, 3.05) is 6.61 Å². The van der Waals surface area contributed by atoms with Gasteiger partial charge in [0.2, 0.25) is 0 Å². The molecule has 3 heterocycles. The average Bonchev–Trinajstić information content (AvgIpc) is 3.27. The Morgan fingerprint density at radius 2 is 2.28 bits per heavy atom. The Labute approximate surface area is 154 Å². The first-order valence-corrected chi connectivity index (χ1v) is 9.19. The molecular formula is C17H18ClN3O3S. The number of carbonyl (C=O) groups is 1. The zero-order valence-electron chi connectivity index (χ0n) is 14.0. The standard InChI is InChI=1S/C17H18ClN3O3S/c1-3-23-15(22)6-4-5-12-16(13-7-8-14(18)25-13)20-17(24-12)21-10-9-19-11(21)2/h7-10H,3-6H2,1-2H3. The van der Waals surface area contributed by atoms with E-state index in [1.54, 1.807) is 23.9 Å². The highest BCUT2D eigenvalue weighted by Gasteiger charge is 2.19. The minimum absolute atomic E-state index is 0.201. The van der Waals surface area contributed by atoms with Gasteiger partial charge in [-0.25, -0.2) is 4.98 Å². The van der Waals surface area contributed by atoms with Crippen molar-refractivity contribution in [2.45, 2.75) is 33.1 Å². The summed E-state index contributed by atoms with van der Waals surface area (Å²) in [5, 5.41) is 0. The number of rotatable bonds is 7. The number of aromatic nitrogens is 3. The van der Waals surface area contributed by atoms with Crippen molar-refractivity contribution >= 4 is 28.9 Å². The van der Waals surface area contributed by atoms with E-state index in [1.807, 2.05) is 19.1 Å². The van der Waals surface area contributed by atoms with Crippen LogP contribution >= 0.6 is 22.9 Å². The first-order valence-electron chi connectivity index (χ1n) is 8.00. The molecule has 0 atom stereocenters. The highest BCUT2D eigenvalue weighted by molar-refractivity contribution is 7.19. The van der Waals surface area contributed by atoms with Gasteiger partial charge in [-0.15, -0.1) is 11.3 Å². The Hall–Kier alpha value is -2.12. The lowest BCUT2D eigenvalue weighted by Gasteiger charge is -2.01. The van der Waals surface area contributed by atoms with Gasteiger partial charge in [0.1, 0.15) is 17.3 Å². The molecule has 6 nitrogen and oxygen atoms in total. The van der Waals surface area contributed by atoms with E-state index in [-0.39, 0.29) is 5.97 Å². The van der Waals surface area contributed by atoms with Crippen LogP contribution in [0.1, 0.15) is 31.4 Å². The Kier molecular flexibility index (Phi) is 5.55. The molecular weight excluding hydrogens is 362 g/mol. The number of carbonyl (C=O) groups excluding carboxylic acids is 1. The number of aryl methyl sites for hydroxylation is 2. The molecule has 0 radical (unpaired) electrons. The topological polar surface area (TPSA) is 70.2 Å². The third-order valence-corrected chi connectivity index (χ3v) is 4.85. The van der Waals surface area contributed by atoms with Crippen LogP contribution in [0.15, 0.2) is 28.9 Å². The predicted octanol–water partition coefficient (Wildman–Crippen LogP) is 4.44. The second-order valence-corrected chi connectivity index (χ2v) is 7.09. The second-order valence-electron chi connectivity index (χ2n) is 5.38. The highest BCUT2D eigenvalue weighted by Crippen LogP contribution is 2.34. The normalized spacial score (nSPS) is 11.0. The molecule has 0 bridgehead atoms. The molecule has 3 aromatic heterocycles. The molecule has 132 valence electrons. The van der Waals surface area contributed by atoms with Crippen LogP contribution in [-0.2, 0) is 16.0 Å². The lowest BCUT2D eigenvalue weighted by atomic mass is 10.1. The number of oxazole rings is 1. The van der Waals surface area contributed by atoms with Crippen molar-refractivity contribution in [1.29, 1.82) is 0 Å². The molecule has 0 unspecified atom stereocenters. The Bertz CT molecular complexity index is 868. The van der Waals surface area contributed by atoms with E-state index in [2.05, 4.69) is 9.97 Å². The molecule has 0 saturated carbocycles. The third kappa shape index (κ3) is 4.11. The van der Waals surface area contributed by atoms with Gasteiger partial charge < -0.3 is 9.15 Å². The monoisotopic (exact) mass is 379 g/mol. The fraction of sp³-hybridized carbons (Fsp3) is 0.353. The van der Waals surface area contributed by atoms with Crippen molar-refractivity contribution in [1.82, 2.24) is 14.5 Å². The lowest BCUT2D eigenvalue weighted by molar-refractivity contribution is -0.143. The average molecular weight is 380 g/mol. The molecule has 0 aliphatic rings. The van der Waals surface area contributed by atoms with Gasteiger partial charge in [0, 0.05) is 25.2 Å². The first kappa shape index (κ1) is 17.7. The number of imidazole rings is 1. The van der Waals surface area contributed by atoms with Gasteiger partial charge in [0.25, 0.3) is 0 Å². The smallest absolute Gasteiger partial charge is 0.307 e. The molecule has 0 N–H and O–H groups in total. The lowest BCUT2D eigenvalue weighted by Crippen LogP contribution is -2.04. The highest BCUT2D eigenvalue weighted by atomic mass is 35.5. The minimum Gasteiger partial charge on any atom is -0.466 e. The molecule has 0 amide bonds. The molecule has 0 spiro atoms. The van der Waals surface area contributed by atoms with E-state index < -0.39 is 0 Å². The van der Waals surface area contributed by atoms with Crippen LogP contribution in [0.4, 0.5) is 0 Å². The number of halogens is 1. The molecule has 8 heteroatoms. The SMILES string of the molecule is CCOC(=O)CCCc1oc(-n2ccnc2C)nc1-c1ccc(Cl)s1. The number of esters is 1. The molecule has 0 saturated heterocycles. The quantitative estimate of drug-likeness (QED) is 0.567. The number of nitrogens with zero attached hydrogens (tertiary/aromatic N) is 3. The van der Waals surface area contributed by atoms with Gasteiger partial charge in [0.05, 0.1) is 15.8 Å². The number of hydrogen-bond donors (Lipinski definition) is 0. The van der Waals surface area contributed by atoms with Gasteiger partial charge in [-0.1, -0.05) is 11.6 Å². The number of ether oxygens (including phenoxy) is 1. The predicted molar refractivity (Wildman–Crippen MR) is 96.3 cm³/mol. The van der Waals surface area contributed by atoms with E-state index in [0.29, 0.717) is 36.2 Å². The summed E-state index contributed by atoms with van der Waals surface area (Å²) >= 11 is 7.50. The third-order valence-electron chi connectivity index (χ3n) is 3.61. The van der Waals surface area contributed by atoms with Crippen LogP contribution in [0.5, 0.6) is 0 Å². The fourth-order valence-electron chi connectivity index (χ4n) is 2.45. The fourth-order valence-corrected chi connectivity index (χ4v) is 3.50. The van der Waals surface area contributed by atoms with Crippen molar-refractivity contribution in [3.8, 4) is 16.6 Å². The van der Waals surface area contributed by atoms with E-state index in [1.165, 1.54) is 11.3 Å². The number of thiophene rings is 1. The van der Waals surface area contributed by atoms with Crippen LogP contribution in [0, 0.1) is 6.92 Å². The van der Waals surface area contributed by atoms with Gasteiger partial charge in [0.15, 0.2) is 0 Å². The van der Waals surface area contributed by atoms with Gasteiger partial charge >= 0.3 is 12.0 Å². The van der Waals surface area contributed by atoms with Gasteiger partial charge in [-0.05, 0) is 32.4 Å². The van der Waals surface area contributed by atoms with Crippen LogP contribution in [0.25, 0.3) is 16.6 Å². The molecule has 0 aromatic carbocycles. The summed E-state index contributed by atoms with van der Waals surface area (Å²) in [6, 6.07) is 4.21. The summed E-state index contributed by atoms with van der Waals surface area (Å²) in [7, 11) is 0. The van der Waals surface area contributed by atoms with E-state index >= 15 is 0 Å². The number of hydrogen-bond acceptors (Lipinski definition) is 6. The summed E-state index contributed by atoms with van der Waals surface area (Å²) < 4.78 is 13.4. The van der Waals surface area contributed by atoms with Crippen molar-refractivity contribution in [3.63, 3.8) is 0 Å². The summed E-state index contributed by atoms with van der Waals surface area (Å²) in [6.07, 6.45) is 5.06. The molecule has 25 heavy (non-hydrogen) atoms. The maximum absolute atomic E-state index is 11.5.